The van der Waals surface area contributed by atoms with Gasteiger partial charge >= 0.3 is 6.18 Å². The van der Waals surface area contributed by atoms with Gasteiger partial charge in [0.25, 0.3) is 11.6 Å². The Morgan fingerprint density at radius 2 is 1.97 bits per heavy atom. The highest BCUT2D eigenvalue weighted by Gasteiger charge is 2.30. The fourth-order valence-corrected chi connectivity index (χ4v) is 3.62. The number of aliphatic hydroxyl groups is 1. The molecular weight excluding hydrogens is 467 g/mol. The average Bonchev–Trinajstić information content (AvgIpc) is 3.36. The number of fused-ring (bicyclic) bond motifs is 1. The molecule has 3 heterocycles. The van der Waals surface area contributed by atoms with E-state index in [1.807, 2.05) is 0 Å². The Balaban J connectivity index is 1.47. The molecule has 4 aromatic rings. The summed E-state index contributed by atoms with van der Waals surface area (Å²) in [6.45, 7) is 4.73. The molecule has 4 rings (SSSR count). The second-order valence-corrected chi connectivity index (χ2v) is 8.03. The molecule has 1 amide bonds. The Morgan fingerprint density at radius 3 is 2.66 bits per heavy atom. The minimum Gasteiger partial charge on any atom is -0.491 e. The van der Waals surface area contributed by atoms with E-state index in [0.717, 1.165) is 12.1 Å². The number of rotatable bonds is 7. The average molecular weight is 489 g/mol. The summed E-state index contributed by atoms with van der Waals surface area (Å²) in [7, 11) is 0. The topological polar surface area (TPSA) is 111 Å². The van der Waals surface area contributed by atoms with Gasteiger partial charge in [-0.15, -0.1) is 0 Å². The van der Waals surface area contributed by atoms with Gasteiger partial charge < -0.3 is 24.1 Å². The third kappa shape index (κ3) is 5.29. The highest BCUT2D eigenvalue weighted by atomic mass is 19.4. The fourth-order valence-electron chi connectivity index (χ4n) is 3.62. The number of carbonyl (C=O) groups is 1. The molecule has 3 aromatic heterocycles. The number of alkyl halides is 3. The SMILES string of the molecule is Cc1cc(-c2cc(C(=O)NCC(O)COc3cccc(C(F)(F)F)c3)c3c(C)noc3n2)c(C)o1. The van der Waals surface area contributed by atoms with E-state index in [-0.39, 0.29) is 30.2 Å². The summed E-state index contributed by atoms with van der Waals surface area (Å²) in [5.74, 6) is 0.750. The van der Waals surface area contributed by atoms with Gasteiger partial charge in [-0.3, -0.25) is 4.79 Å². The second kappa shape index (κ2) is 9.41. The predicted octanol–water partition coefficient (Wildman–Crippen LogP) is 4.60. The molecule has 0 saturated carbocycles. The van der Waals surface area contributed by atoms with E-state index in [1.165, 1.54) is 12.1 Å². The van der Waals surface area contributed by atoms with Crippen LogP contribution in [-0.4, -0.2) is 40.4 Å². The van der Waals surface area contributed by atoms with Gasteiger partial charge in [-0.05, 0) is 51.1 Å². The fraction of sp³-hybridized carbons (Fsp3) is 0.292. The van der Waals surface area contributed by atoms with Crippen LogP contribution in [0, 0.1) is 20.8 Å². The van der Waals surface area contributed by atoms with Crippen molar-refractivity contribution in [1.29, 1.82) is 0 Å². The van der Waals surface area contributed by atoms with Gasteiger partial charge in [0.15, 0.2) is 0 Å². The van der Waals surface area contributed by atoms with E-state index in [0.29, 0.717) is 33.9 Å². The van der Waals surface area contributed by atoms with Crippen molar-refractivity contribution >= 4 is 17.0 Å². The Labute approximate surface area is 197 Å². The first-order valence-electron chi connectivity index (χ1n) is 10.6. The molecule has 0 fully saturated rings. The number of furan rings is 1. The smallest absolute Gasteiger partial charge is 0.416 e. The molecule has 1 unspecified atom stereocenters. The van der Waals surface area contributed by atoms with Crippen LogP contribution >= 0.6 is 0 Å². The quantitative estimate of drug-likeness (QED) is 0.390. The molecule has 1 aromatic carbocycles. The molecule has 2 N–H and O–H groups in total. The zero-order chi connectivity index (χ0) is 25.3. The lowest BCUT2D eigenvalue weighted by molar-refractivity contribution is -0.137. The first-order chi connectivity index (χ1) is 16.5. The maximum absolute atomic E-state index is 13.0. The van der Waals surface area contributed by atoms with Crippen molar-refractivity contribution in [3.63, 3.8) is 0 Å². The maximum Gasteiger partial charge on any atom is 0.416 e. The highest BCUT2D eigenvalue weighted by Crippen LogP contribution is 2.32. The summed E-state index contributed by atoms with van der Waals surface area (Å²) in [5.41, 5.74) is 1.19. The molecule has 8 nitrogen and oxygen atoms in total. The number of nitrogens with one attached hydrogen (secondary N) is 1. The number of carbonyl (C=O) groups excluding carboxylic acids is 1. The Kier molecular flexibility index (Phi) is 6.53. The van der Waals surface area contributed by atoms with E-state index in [1.54, 1.807) is 32.9 Å². The van der Waals surface area contributed by atoms with E-state index < -0.39 is 23.8 Å². The Morgan fingerprint density at radius 1 is 1.20 bits per heavy atom. The van der Waals surface area contributed by atoms with Crippen LogP contribution in [-0.2, 0) is 6.18 Å². The number of benzene rings is 1. The summed E-state index contributed by atoms with van der Waals surface area (Å²) in [6.07, 6.45) is -5.68. The maximum atomic E-state index is 13.0. The molecule has 0 spiro atoms. The number of hydrogen-bond acceptors (Lipinski definition) is 7. The van der Waals surface area contributed by atoms with Crippen LogP contribution in [0.1, 0.15) is 33.1 Å². The van der Waals surface area contributed by atoms with Gasteiger partial charge in [-0.1, -0.05) is 11.2 Å². The lowest BCUT2D eigenvalue weighted by Crippen LogP contribution is -2.35. The molecule has 0 aliphatic carbocycles. The third-order valence-electron chi connectivity index (χ3n) is 5.28. The molecule has 1 atom stereocenters. The minimum atomic E-state index is -4.51. The molecule has 184 valence electrons. The summed E-state index contributed by atoms with van der Waals surface area (Å²) < 4.78 is 54.6. The Hall–Kier alpha value is -3.86. The van der Waals surface area contributed by atoms with Crippen LogP contribution in [0.25, 0.3) is 22.4 Å². The van der Waals surface area contributed by atoms with Crippen molar-refractivity contribution in [2.24, 2.45) is 0 Å². The van der Waals surface area contributed by atoms with E-state index in [9.17, 15) is 23.1 Å². The number of hydrogen-bond donors (Lipinski definition) is 2. The molecule has 0 bridgehead atoms. The van der Waals surface area contributed by atoms with Gasteiger partial charge in [-0.25, -0.2) is 4.98 Å². The molecule has 0 aliphatic heterocycles. The normalized spacial score (nSPS) is 12.7. The Bertz CT molecular complexity index is 1380. The van der Waals surface area contributed by atoms with Crippen molar-refractivity contribution in [1.82, 2.24) is 15.5 Å². The first kappa shape index (κ1) is 24.3. The van der Waals surface area contributed by atoms with E-state index in [4.69, 9.17) is 13.7 Å². The number of halogens is 3. The highest BCUT2D eigenvalue weighted by molar-refractivity contribution is 6.07. The molecule has 0 saturated heterocycles. The zero-order valence-electron chi connectivity index (χ0n) is 19.1. The first-order valence-corrected chi connectivity index (χ1v) is 10.6. The number of aromatic nitrogens is 2. The monoisotopic (exact) mass is 489 g/mol. The van der Waals surface area contributed by atoms with Crippen molar-refractivity contribution in [3.8, 4) is 17.0 Å². The number of amides is 1. The number of aryl methyl sites for hydroxylation is 3. The summed E-state index contributed by atoms with van der Waals surface area (Å²) in [6, 6.07) is 7.71. The lowest BCUT2D eigenvalue weighted by Gasteiger charge is -2.15. The van der Waals surface area contributed by atoms with Gasteiger partial charge in [0, 0.05) is 12.1 Å². The molecule has 35 heavy (non-hydrogen) atoms. The van der Waals surface area contributed by atoms with Gasteiger partial charge in [-0.2, -0.15) is 13.2 Å². The van der Waals surface area contributed by atoms with Gasteiger partial charge in [0.1, 0.15) is 30.0 Å². The lowest BCUT2D eigenvalue weighted by atomic mass is 10.1. The van der Waals surface area contributed by atoms with E-state index >= 15 is 0 Å². The summed E-state index contributed by atoms with van der Waals surface area (Å²) in [5, 5.41) is 17.1. The van der Waals surface area contributed by atoms with Crippen LogP contribution in [0.3, 0.4) is 0 Å². The van der Waals surface area contributed by atoms with Crippen LogP contribution in [0.15, 0.2) is 45.3 Å². The van der Waals surface area contributed by atoms with Gasteiger partial charge in [0.2, 0.25) is 0 Å². The minimum absolute atomic E-state index is 0.0449. The van der Waals surface area contributed by atoms with Crippen LogP contribution in [0.4, 0.5) is 13.2 Å². The molecule has 0 radical (unpaired) electrons. The van der Waals surface area contributed by atoms with Crippen LogP contribution in [0.5, 0.6) is 5.75 Å². The number of nitrogens with zero attached hydrogens (tertiary/aromatic N) is 2. The van der Waals surface area contributed by atoms with Crippen molar-refractivity contribution in [3.05, 3.63) is 64.7 Å². The van der Waals surface area contributed by atoms with Crippen molar-refractivity contribution in [2.75, 3.05) is 13.2 Å². The van der Waals surface area contributed by atoms with Crippen molar-refractivity contribution in [2.45, 2.75) is 33.1 Å². The number of ether oxygens (including phenoxy) is 1. The molecule has 11 heteroatoms. The van der Waals surface area contributed by atoms with Gasteiger partial charge in [0.05, 0.1) is 27.9 Å². The predicted molar refractivity (Wildman–Crippen MR) is 119 cm³/mol. The summed E-state index contributed by atoms with van der Waals surface area (Å²) in [4.78, 5) is 17.5. The molecular formula is C24H22F3N3O5. The van der Waals surface area contributed by atoms with Crippen LogP contribution < -0.4 is 10.1 Å². The second-order valence-electron chi connectivity index (χ2n) is 8.03. The number of aliphatic hydroxyl groups excluding tert-OH is 1. The van der Waals surface area contributed by atoms with Crippen molar-refractivity contribution < 1.29 is 36.7 Å². The summed E-state index contributed by atoms with van der Waals surface area (Å²) >= 11 is 0. The molecule has 0 aliphatic rings. The standard InChI is InChI=1S/C24H22F3N3O5/c1-12-7-18(14(3)34-12)20-9-19(21-13(2)30-35-23(21)29-20)22(32)28-10-16(31)11-33-17-6-4-5-15(8-17)24(25,26)27/h4-9,16,31H,10-11H2,1-3H3,(H,28,32). The van der Waals surface area contributed by atoms with E-state index in [2.05, 4.69) is 15.5 Å². The van der Waals surface area contributed by atoms with Crippen LogP contribution in [0.2, 0.25) is 0 Å². The third-order valence-corrected chi connectivity index (χ3v) is 5.28. The zero-order valence-corrected chi connectivity index (χ0v) is 19.1. The largest absolute Gasteiger partial charge is 0.491 e. The number of pyridine rings is 1.